The number of hydrogen-bond donors (Lipinski definition) is 0. The van der Waals surface area contributed by atoms with Crippen molar-refractivity contribution in [2.75, 3.05) is 5.75 Å². The average Bonchev–Trinajstić information content (AvgIpc) is 2.78. The van der Waals surface area contributed by atoms with Gasteiger partial charge in [-0.2, -0.15) is 22.0 Å². The lowest BCUT2D eigenvalue weighted by Crippen LogP contribution is -2.04. The third kappa shape index (κ3) is 2.76. The minimum atomic E-state index is -0.0627. The topological polar surface area (TPSA) is 62.7 Å². The van der Waals surface area contributed by atoms with Gasteiger partial charge in [-0.3, -0.25) is 0 Å². The van der Waals surface area contributed by atoms with Crippen LogP contribution in [0.15, 0.2) is 4.52 Å². The molecule has 1 aromatic rings. The molecule has 0 aliphatic carbocycles. The summed E-state index contributed by atoms with van der Waals surface area (Å²) in [7, 11) is 0. The van der Waals surface area contributed by atoms with E-state index in [9.17, 15) is 0 Å². The van der Waals surface area contributed by atoms with Crippen molar-refractivity contribution in [2.24, 2.45) is 5.92 Å². The Balaban J connectivity index is 1.98. The zero-order chi connectivity index (χ0) is 11.4. The lowest BCUT2D eigenvalue weighted by Gasteiger charge is -2.17. The van der Waals surface area contributed by atoms with E-state index >= 15 is 0 Å². The van der Waals surface area contributed by atoms with Gasteiger partial charge in [0.25, 0.3) is 0 Å². The summed E-state index contributed by atoms with van der Waals surface area (Å²) in [6, 6.07) is 2.17. The second-order valence-electron chi connectivity index (χ2n) is 4.14. The van der Waals surface area contributed by atoms with Crippen molar-refractivity contribution in [1.29, 1.82) is 5.26 Å². The maximum absolute atomic E-state index is 8.71. The SMILES string of the molecule is CC(C#N)Cc1nc(C2CCCCS2)no1. The number of hydrogen-bond acceptors (Lipinski definition) is 5. The molecule has 2 heterocycles. The van der Waals surface area contributed by atoms with Crippen LogP contribution in [0.4, 0.5) is 0 Å². The van der Waals surface area contributed by atoms with Crippen LogP contribution < -0.4 is 0 Å². The first-order valence-electron chi connectivity index (χ1n) is 5.63. The zero-order valence-electron chi connectivity index (χ0n) is 9.35. The number of thioether (sulfide) groups is 1. The second kappa shape index (κ2) is 5.35. The number of nitrogens with zero attached hydrogens (tertiary/aromatic N) is 3. The van der Waals surface area contributed by atoms with Gasteiger partial charge < -0.3 is 4.52 Å². The highest BCUT2D eigenvalue weighted by Crippen LogP contribution is 2.36. The first-order chi connectivity index (χ1) is 7.79. The molecule has 0 radical (unpaired) electrons. The Labute approximate surface area is 99.4 Å². The first-order valence-corrected chi connectivity index (χ1v) is 6.68. The molecule has 1 aliphatic heterocycles. The van der Waals surface area contributed by atoms with Crippen LogP contribution in [0.3, 0.4) is 0 Å². The average molecular weight is 237 g/mol. The summed E-state index contributed by atoms with van der Waals surface area (Å²) in [5.74, 6) is 2.52. The van der Waals surface area contributed by atoms with E-state index in [0.29, 0.717) is 17.6 Å². The van der Waals surface area contributed by atoms with Gasteiger partial charge in [0.2, 0.25) is 5.89 Å². The lowest BCUT2D eigenvalue weighted by molar-refractivity contribution is 0.363. The maximum Gasteiger partial charge on any atom is 0.227 e. The Bertz CT molecular complexity index is 379. The van der Waals surface area contributed by atoms with Crippen molar-refractivity contribution in [3.63, 3.8) is 0 Å². The fraction of sp³-hybridized carbons (Fsp3) is 0.727. The monoisotopic (exact) mass is 237 g/mol. The highest BCUT2D eigenvalue weighted by Gasteiger charge is 2.21. The fourth-order valence-electron chi connectivity index (χ4n) is 1.73. The molecule has 0 bridgehead atoms. The minimum absolute atomic E-state index is 0.0627. The summed E-state index contributed by atoms with van der Waals surface area (Å²) in [5.41, 5.74) is 0. The van der Waals surface area contributed by atoms with Gasteiger partial charge in [0, 0.05) is 6.42 Å². The van der Waals surface area contributed by atoms with Crippen LogP contribution in [0, 0.1) is 17.2 Å². The van der Waals surface area contributed by atoms with Crippen LogP contribution >= 0.6 is 11.8 Å². The third-order valence-electron chi connectivity index (χ3n) is 2.65. The highest BCUT2D eigenvalue weighted by molar-refractivity contribution is 7.99. The van der Waals surface area contributed by atoms with Crippen LogP contribution in [0.2, 0.25) is 0 Å². The van der Waals surface area contributed by atoms with E-state index in [1.807, 2.05) is 18.7 Å². The molecule has 5 heteroatoms. The Morgan fingerprint density at radius 3 is 3.19 bits per heavy atom. The Kier molecular flexibility index (Phi) is 3.83. The van der Waals surface area contributed by atoms with E-state index in [4.69, 9.17) is 9.78 Å². The van der Waals surface area contributed by atoms with E-state index < -0.39 is 0 Å². The van der Waals surface area contributed by atoms with E-state index in [-0.39, 0.29) is 5.92 Å². The largest absolute Gasteiger partial charge is 0.339 e. The van der Waals surface area contributed by atoms with Crippen molar-refractivity contribution in [1.82, 2.24) is 10.1 Å². The summed E-state index contributed by atoms with van der Waals surface area (Å²) in [4.78, 5) is 4.37. The molecular formula is C11H15N3OS. The van der Waals surface area contributed by atoms with Gasteiger partial charge in [0.05, 0.1) is 17.2 Å². The third-order valence-corrected chi connectivity index (χ3v) is 4.03. The molecule has 0 spiro atoms. The van der Waals surface area contributed by atoms with Gasteiger partial charge in [0.1, 0.15) is 0 Å². The predicted octanol–water partition coefficient (Wildman–Crippen LogP) is 2.73. The molecule has 1 aromatic heterocycles. The molecule has 2 atom stereocenters. The van der Waals surface area contributed by atoms with Gasteiger partial charge in [0.15, 0.2) is 5.82 Å². The smallest absolute Gasteiger partial charge is 0.227 e. The fourth-order valence-corrected chi connectivity index (χ4v) is 2.97. The van der Waals surface area contributed by atoms with Gasteiger partial charge in [-0.15, -0.1) is 0 Å². The predicted molar refractivity (Wildman–Crippen MR) is 61.8 cm³/mol. The second-order valence-corrected chi connectivity index (χ2v) is 5.45. The van der Waals surface area contributed by atoms with Gasteiger partial charge in [-0.25, -0.2) is 0 Å². The molecule has 2 unspecified atom stereocenters. The van der Waals surface area contributed by atoms with Crippen molar-refractivity contribution in [2.45, 2.75) is 37.9 Å². The summed E-state index contributed by atoms with van der Waals surface area (Å²) in [6.07, 6.45) is 4.23. The van der Waals surface area contributed by atoms with Crippen molar-refractivity contribution in [3.8, 4) is 6.07 Å². The molecule has 0 N–H and O–H groups in total. The van der Waals surface area contributed by atoms with Crippen molar-refractivity contribution >= 4 is 11.8 Å². The van der Waals surface area contributed by atoms with Crippen molar-refractivity contribution < 1.29 is 4.52 Å². The minimum Gasteiger partial charge on any atom is -0.339 e. The van der Waals surface area contributed by atoms with Crippen LogP contribution in [0.1, 0.15) is 43.2 Å². The molecule has 1 fully saturated rings. The summed E-state index contributed by atoms with van der Waals surface area (Å²) in [6.45, 7) is 1.86. The number of nitriles is 1. The molecular weight excluding hydrogens is 222 g/mol. The van der Waals surface area contributed by atoms with Gasteiger partial charge in [-0.05, 0) is 25.5 Å². The molecule has 1 aliphatic rings. The van der Waals surface area contributed by atoms with E-state index in [1.165, 1.54) is 18.6 Å². The van der Waals surface area contributed by atoms with E-state index in [2.05, 4.69) is 16.2 Å². The van der Waals surface area contributed by atoms with Crippen molar-refractivity contribution in [3.05, 3.63) is 11.7 Å². The van der Waals surface area contributed by atoms with Crippen LogP contribution in [0.25, 0.3) is 0 Å². The number of rotatable bonds is 3. The molecule has 0 saturated carbocycles. The Morgan fingerprint density at radius 2 is 2.50 bits per heavy atom. The molecule has 2 rings (SSSR count). The molecule has 86 valence electrons. The van der Waals surface area contributed by atoms with E-state index in [0.717, 1.165) is 12.2 Å². The quantitative estimate of drug-likeness (QED) is 0.808. The summed E-state index contributed by atoms with van der Waals surface area (Å²) in [5, 5.41) is 13.1. The Morgan fingerprint density at radius 1 is 1.62 bits per heavy atom. The standard InChI is InChI=1S/C11H15N3OS/c1-8(7-12)6-10-13-11(14-15-10)9-4-2-3-5-16-9/h8-9H,2-6H2,1H3. The van der Waals surface area contributed by atoms with Gasteiger partial charge >= 0.3 is 0 Å². The number of aromatic nitrogens is 2. The molecule has 1 saturated heterocycles. The van der Waals surface area contributed by atoms with Crippen LogP contribution in [0.5, 0.6) is 0 Å². The lowest BCUT2D eigenvalue weighted by atomic mass is 10.1. The highest BCUT2D eigenvalue weighted by atomic mass is 32.2. The van der Waals surface area contributed by atoms with Crippen LogP contribution in [-0.2, 0) is 6.42 Å². The molecule has 0 aromatic carbocycles. The molecule has 4 nitrogen and oxygen atoms in total. The van der Waals surface area contributed by atoms with E-state index in [1.54, 1.807) is 0 Å². The normalized spacial score (nSPS) is 22.6. The maximum atomic E-state index is 8.71. The van der Waals surface area contributed by atoms with Crippen LogP contribution in [-0.4, -0.2) is 15.9 Å². The first kappa shape index (κ1) is 11.5. The summed E-state index contributed by atoms with van der Waals surface area (Å²) < 4.78 is 5.16. The summed E-state index contributed by atoms with van der Waals surface area (Å²) >= 11 is 1.90. The van der Waals surface area contributed by atoms with Gasteiger partial charge in [-0.1, -0.05) is 11.6 Å². The molecule has 16 heavy (non-hydrogen) atoms. The zero-order valence-corrected chi connectivity index (χ0v) is 10.2. The Hall–Kier alpha value is -1.02. The molecule has 0 amide bonds.